The number of ether oxygens (including phenoxy) is 1. The Labute approximate surface area is 206 Å². The molecular weight excluding hydrogens is 452 g/mol. The molecule has 1 heterocycles. The molecule has 1 unspecified atom stereocenters. The van der Waals surface area contributed by atoms with Crippen LogP contribution in [0.5, 0.6) is 5.75 Å². The van der Waals surface area contributed by atoms with Gasteiger partial charge in [-0.05, 0) is 55.8 Å². The molecule has 0 saturated carbocycles. The summed E-state index contributed by atoms with van der Waals surface area (Å²) in [7, 11) is 3.82. The number of carbonyl (C=O) groups excluding carboxylic acids is 2. The second-order valence-corrected chi connectivity index (χ2v) is 10.2. The zero-order valence-corrected chi connectivity index (χ0v) is 21.4. The van der Waals surface area contributed by atoms with Gasteiger partial charge in [0.2, 0.25) is 0 Å². The van der Waals surface area contributed by atoms with Crippen LogP contribution in [0, 0.1) is 0 Å². The van der Waals surface area contributed by atoms with E-state index in [4.69, 9.17) is 16.3 Å². The van der Waals surface area contributed by atoms with Gasteiger partial charge < -0.3 is 19.6 Å². The highest BCUT2D eigenvalue weighted by Gasteiger charge is 2.46. The number of hydrogen-bond donors (Lipinski definition) is 1. The zero-order chi connectivity index (χ0) is 25.2. The van der Waals surface area contributed by atoms with Crippen LogP contribution in [0.25, 0.3) is 5.76 Å². The number of amides is 1. The molecule has 34 heavy (non-hydrogen) atoms. The highest BCUT2D eigenvalue weighted by atomic mass is 35.5. The highest BCUT2D eigenvalue weighted by Crippen LogP contribution is 2.40. The van der Waals surface area contributed by atoms with Crippen LogP contribution in [0.4, 0.5) is 0 Å². The molecule has 1 aliphatic heterocycles. The van der Waals surface area contributed by atoms with Gasteiger partial charge in [0.1, 0.15) is 11.5 Å². The minimum atomic E-state index is -0.703. The maximum atomic E-state index is 13.2. The average Bonchev–Trinajstić information content (AvgIpc) is 3.03. The van der Waals surface area contributed by atoms with Crippen molar-refractivity contribution in [3.05, 3.63) is 69.8 Å². The van der Waals surface area contributed by atoms with Crippen molar-refractivity contribution < 1.29 is 19.4 Å². The van der Waals surface area contributed by atoms with Crippen molar-refractivity contribution in [2.24, 2.45) is 0 Å². The van der Waals surface area contributed by atoms with E-state index >= 15 is 0 Å². The van der Waals surface area contributed by atoms with Crippen LogP contribution in [-0.4, -0.2) is 60.4 Å². The summed E-state index contributed by atoms with van der Waals surface area (Å²) in [5.41, 5.74) is 2.29. The summed E-state index contributed by atoms with van der Waals surface area (Å²) in [6.07, 6.45) is 0. The molecule has 2 aromatic rings. The van der Waals surface area contributed by atoms with E-state index < -0.39 is 17.7 Å². The number of halogens is 1. The van der Waals surface area contributed by atoms with Crippen molar-refractivity contribution in [3.63, 3.8) is 0 Å². The lowest BCUT2D eigenvalue weighted by Crippen LogP contribution is -2.35. The fourth-order valence-corrected chi connectivity index (χ4v) is 4.24. The van der Waals surface area contributed by atoms with Crippen molar-refractivity contribution in [2.75, 3.05) is 33.8 Å². The Morgan fingerprint density at radius 1 is 1.12 bits per heavy atom. The van der Waals surface area contributed by atoms with Crippen LogP contribution < -0.4 is 4.74 Å². The maximum Gasteiger partial charge on any atom is 0.295 e. The van der Waals surface area contributed by atoms with Gasteiger partial charge in [-0.2, -0.15) is 0 Å². The number of aliphatic hydroxyl groups excluding tert-OH is 1. The Balaban J connectivity index is 2.13. The molecule has 0 bridgehead atoms. The van der Waals surface area contributed by atoms with Gasteiger partial charge in [0, 0.05) is 18.7 Å². The van der Waals surface area contributed by atoms with E-state index in [9.17, 15) is 14.7 Å². The van der Waals surface area contributed by atoms with Crippen molar-refractivity contribution in [1.82, 2.24) is 9.80 Å². The molecule has 2 aromatic carbocycles. The minimum Gasteiger partial charge on any atom is -0.507 e. The smallest absolute Gasteiger partial charge is 0.295 e. The Bertz CT molecular complexity index is 1100. The number of hydrogen-bond acceptors (Lipinski definition) is 5. The molecule has 1 N–H and O–H groups in total. The summed E-state index contributed by atoms with van der Waals surface area (Å²) in [6.45, 7) is 9.61. The topological polar surface area (TPSA) is 70.1 Å². The highest BCUT2D eigenvalue weighted by molar-refractivity contribution is 6.46. The third-order valence-corrected chi connectivity index (χ3v) is 6.22. The number of nitrogens with zero attached hydrogens (tertiary/aromatic N) is 2. The number of carbonyl (C=O) groups is 2. The van der Waals surface area contributed by atoms with Crippen LogP contribution >= 0.6 is 11.6 Å². The first-order valence-corrected chi connectivity index (χ1v) is 11.8. The Hall–Kier alpha value is -2.83. The normalized spacial score (nSPS) is 18.1. The summed E-state index contributed by atoms with van der Waals surface area (Å²) in [5, 5.41) is 11.6. The Kier molecular flexibility index (Phi) is 7.74. The van der Waals surface area contributed by atoms with E-state index in [-0.39, 0.29) is 16.7 Å². The SMILES string of the molecule is CCOc1ccc(/C(O)=C2/C(=O)C(=O)N(CCN(C)C)C2c2ccc(C(C)(C)C)cc2)cc1Cl. The summed E-state index contributed by atoms with van der Waals surface area (Å²) in [4.78, 5) is 29.7. The molecule has 1 aliphatic rings. The Morgan fingerprint density at radius 3 is 2.29 bits per heavy atom. The molecule has 7 heteroatoms. The molecule has 1 amide bonds. The number of aliphatic hydroxyl groups is 1. The first kappa shape index (κ1) is 25.8. The predicted molar refractivity (Wildman–Crippen MR) is 135 cm³/mol. The van der Waals surface area contributed by atoms with Crippen LogP contribution in [0.2, 0.25) is 5.02 Å². The second kappa shape index (κ2) is 10.2. The van der Waals surface area contributed by atoms with E-state index in [0.29, 0.717) is 36.0 Å². The number of rotatable bonds is 7. The van der Waals surface area contributed by atoms with Gasteiger partial charge in [-0.1, -0.05) is 56.6 Å². The van der Waals surface area contributed by atoms with Gasteiger partial charge in [-0.25, -0.2) is 0 Å². The molecule has 1 saturated heterocycles. The summed E-state index contributed by atoms with van der Waals surface area (Å²) in [6, 6.07) is 12.0. The van der Waals surface area contributed by atoms with Crippen molar-refractivity contribution in [1.29, 1.82) is 0 Å². The quantitative estimate of drug-likeness (QED) is 0.339. The number of benzene rings is 2. The first-order valence-electron chi connectivity index (χ1n) is 11.4. The number of likely N-dealkylation sites (N-methyl/N-ethyl adjacent to an activating group) is 1. The number of ketones is 1. The maximum absolute atomic E-state index is 13.2. The van der Waals surface area contributed by atoms with Crippen molar-refractivity contribution in [2.45, 2.75) is 39.2 Å². The zero-order valence-electron chi connectivity index (χ0n) is 20.7. The molecule has 0 aromatic heterocycles. The lowest BCUT2D eigenvalue weighted by Gasteiger charge is -2.27. The van der Waals surface area contributed by atoms with Crippen LogP contribution in [-0.2, 0) is 15.0 Å². The third kappa shape index (κ3) is 5.29. The van der Waals surface area contributed by atoms with Gasteiger partial charge in [-0.15, -0.1) is 0 Å². The number of likely N-dealkylation sites (tertiary alicyclic amines) is 1. The standard InChI is InChI=1S/C27H33ClN2O4/c1-7-34-21-13-10-18(16-20(21)28)24(31)22-23(17-8-11-19(12-9-17)27(2,3)4)30(15-14-29(5)6)26(33)25(22)32/h8-13,16,23,31H,7,14-15H2,1-6H3/b24-22-. The molecule has 1 atom stereocenters. The lowest BCUT2D eigenvalue weighted by molar-refractivity contribution is -0.140. The van der Waals surface area contributed by atoms with E-state index in [1.54, 1.807) is 18.2 Å². The number of Topliss-reactive ketones (excluding diaryl/α,β-unsaturated/α-hetero) is 1. The van der Waals surface area contributed by atoms with Crippen molar-refractivity contribution in [3.8, 4) is 5.75 Å². The Morgan fingerprint density at radius 2 is 1.76 bits per heavy atom. The molecule has 3 rings (SSSR count). The lowest BCUT2D eigenvalue weighted by atomic mass is 9.85. The summed E-state index contributed by atoms with van der Waals surface area (Å²) in [5.74, 6) is -1.08. The second-order valence-electron chi connectivity index (χ2n) is 9.75. The summed E-state index contributed by atoms with van der Waals surface area (Å²) >= 11 is 6.32. The minimum absolute atomic E-state index is 0.0374. The van der Waals surface area contributed by atoms with Crippen LogP contribution in [0.3, 0.4) is 0 Å². The van der Waals surface area contributed by atoms with Gasteiger partial charge in [0.15, 0.2) is 0 Å². The van der Waals surface area contributed by atoms with E-state index in [0.717, 1.165) is 11.1 Å². The van der Waals surface area contributed by atoms with Gasteiger partial charge in [0.05, 0.1) is 23.2 Å². The van der Waals surface area contributed by atoms with E-state index in [1.165, 1.54) is 4.90 Å². The molecular formula is C27H33ClN2O4. The van der Waals surface area contributed by atoms with Gasteiger partial charge in [0.25, 0.3) is 11.7 Å². The third-order valence-electron chi connectivity index (χ3n) is 5.93. The monoisotopic (exact) mass is 484 g/mol. The molecule has 0 radical (unpaired) electrons. The predicted octanol–water partition coefficient (Wildman–Crippen LogP) is 5.02. The summed E-state index contributed by atoms with van der Waals surface area (Å²) < 4.78 is 5.47. The molecule has 1 fully saturated rings. The van der Waals surface area contributed by atoms with Gasteiger partial charge in [-0.3, -0.25) is 9.59 Å². The molecule has 0 spiro atoms. The van der Waals surface area contributed by atoms with Crippen LogP contribution in [0.1, 0.15) is 50.4 Å². The van der Waals surface area contributed by atoms with Crippen molar-refractivity contribution >= 4 is 29.1 Å². The van der Waals surface area contributed by atoms with E-state index in [2.05, 4.69) is 20.8 Å². The average molecular weight is 485 g/mol. The van der Waals surface area contributed by atoms with E-state index in [1.807, 2.05) is 50.2 Å². The van der Waals surface area contributed by atoms with Gasteiger partial charge >= 0.3 is 0 Å². The molecule has 0 aliphatic carbocycles. The molecule has 6 nitrogen and oxygen atoms in total. The van der Waals surface area contributed by atoms with Crippen LogP contribution in [0.15, 0.2) is 48.0 Å². The fraction of sp³-hybridized carbons (Fsp3) is 0.407. The molecule has 182 valence electrons. The first-order chi connectivity index (χ1) is 16.0. The largest absolute Gasteiger partial charge is 0.507 e. The fourth-order valence-electron chi connectivity index (χ4n) is 4.01.